The summed E-state index contributed by atoms with van der Waals surface area (Å²) >= 11 is 1.68. The second kappa shape index (κ2) is 10.7. The van der Waals surface area contributed by atoms with Crippen LogP contribution in [0.5, 0.6) is 5.75 Å². The van der Waals surface area contributed by atoms with Crippen molar-refractivity contribution in [3.8, 4) is 28.1 Å². The van der Waals surface area contributed by atoms with Crippen molar-refractivity contribution in [2.75, 3.05) is 44.5 Å². The Morgan fingerprint density at radius 3 is 2.62 bits per heavy atom. The fourth-order valence-corrected chi connectivity index (χ4v) is 6.23. The lowest BCUT2D eigenvalue weighted by Gasteiger charge is -2.37. The summed E-state index contributed by atoms with van der Waals surface area (Å²) in [4.78, 5) is 14.5. The highest BCUT2D eigenvalue weighted by atomic mass is 32.1. The minimum atomic E-state index is 0.554. The molecule has 0 aliphatic carbocycles. The minimum Gasteiger partial charge on any atom is -0.495 e. The van der Waals surface area contributed by atoms with Gasteiger partial charge in [-0.25, -0.2) is 9.97 Å². The Morgan fingerprint density at radius 2 is 1.87 bits per heavy atom. The zero-order chi connectivity index (χ0) is 26.9. The maximum absolute atomic E-state index is 5.83. The quantitative estimate of drug-likeness (QED) is 0.251. The fraction of sp³-hybridized carbons (Fsp3) is 0.290. The van der Waals surface area contributed by atoms with Crippen LogP contribution in [0.15, 0.2) is 71.7 Å². The van der Waals surface area contributed by atoms with Gasteiger partial charge in [-0.2, -0.15) is 11.3 Å². The van der Waals surface area contributed by atoms with Crippen LogP contribution in [0.3, 0.4) is 0 Å². The maximum atomic E-state index is 5.83. The van der Waals surface area contributed by atoms with Crippen molar-refractivity contribution < 1.29 is 4.74 Å². The Kier molecular flexibility index (Phi) is 6.97. The third-order valence-corrected chi connectivity index (χ3v) is 8.43. The van der Waals surface area contributed by atoms with Crippen LogP contribution in [0.1, 0.15) is 12.8 Å². The number of methoxy groups -OCH3 is 1. The highest BCUT2D eigenvalue weighted by molar-refractivity contribution is 7.08. The fourth-order valence-electron chi connectivity index (χ4n) is 5.58. The van der Waals surface area contributed by atoms with Gasteiger partial charge in [0.25, 0.3) is 0 Å². The van der Waals surface area contributed by atoms with Crippen LogP contribution in [0.4, 0.5) is 17.3 Å². The largest absolute Gasteiger partial charge is 0.495 e. The number of hydrogen-bond donors (Lipinski definition) is 1. The van der Waals surface area contributed by atoms with Crippen LogP contribution >= 0.6 is 11.3 Å². The molecule has 4 heterocycles. The van der Waals surface area contributed by atoms with Gasteiger partial charge in [0.05, 0.1) is 18.5 Å². The molecule has 0 unspecified atom stereocenters. The van der Waals surface area contributed by atoms with Gasteiger partial charge in [-0.05, 0) is 67.5 Å². The molecule has 0 amide bonds. The predicted octanol–water partition coefficient (Wildman–Crippen LogP) is 6.65. The number of aromatic nitrogens is 3. The summed E-state index contributed by atoms with van der Waals surface area (Å²) in [5, 5.41) is 8.84. The van der Waals surface area contributed by atoms with Crippen LogP contribution in [0.25, 0.3) is 33.3 Å². The van der Waals surface area contributed by atoms with E-state index in [1.807, 2.05) is 12.3 Å². The lowest BCUT2D eigenvalue weighted by molar-refractivity contribution is 0.249. The predicted molar refractivity (Wildman–Crippen MR) is 162 cm³/mol. The van der Waals surface area contributed by atoms with Crippen molar-refractivity contribution in [2.45, 2.75) is 18.9 Å². The SMILES string of the molecule is COc1cc(Nc2ncc(-c3ccsc3)c(-c3cn(C)c4ccccc34)n2)ccc1N1CCC(N(C)C)CC1. The molecule has 3 aromatic heterocycles. The molecule has 39 heavy (non-hydrogen) atoms. The van der Waals surface area contributed by atoms with E-state index < -0.39 is 0 Å². The second-order valence-electron chi connectivity index (χ2n) is 10.3. The number of anilines is 3. The molecule has 2 aromatic carbocycles. The smallest absolute Gasteiger partial charge is 0.227 e. The number of para-hydroxylation sites is 1. The maximum Gasteiger partial charge on any atom is 0.227 e. The average Bonchev–Trinajstić information content (AvgIpc) is 3.62. The molecule has 0 spiro atoms. The van der Waals surface area contributed by atoms with Crippen molar-refractivity contribution in [1.82, 2.24) is 19.4 Å². The molecule has 0 saturated carbocycles. The first-order valence-corrected chi connectivity index (χ1v) is 14.3. The molecule has 1 aliphatic heterocycles. The van der Waals surface area contributed by atoms with E-state index in [4.69, 9.17) is 14.7 Å². The van der Waals surface area contributed by atoms with Crippen molar-refractivity contribution in [1.29, 1.82) is 0 Å². The van der Waals surface area contributed by atoms with Crippen LogP contribution < -0.4 is 15.0 Å². The van der Waals surface area contributed by atoms with Crippen LogP contribution in [-0.4, -0.2) is 59.8 Å². The number of thiophene rings is 1. The van der Waals surface area contributed by atoms with E-state index in [2.05, 4.69) is 100 Å². The summed E-state index contributed by atoms with van der Waals surface area (Å²) in [6, 6.07) is 17.5. The van der Waals surface area contributed by atoms with Crippen molar-refractivity contribution in [3.05, 3.63) is 71.7 Å². The minimum absolute atomic E-state index is 0.554. The zero-order valence-corrected chi connectivity index (χ0v) is 23.7. The highest BCUT2D eigenvalue weighted by Crippen LogP contribution is 2.38. The number of hydrogen-bond acceptors (Lipinski definition) is 7. The van der Waals surface area contributed by atoms with Gasteiger partial charge in [0.1, 0.15) is 5.75 Å². The third kappa shape index (κ3) is 4.97. The molecule has 0 radical (unpaired) electrons. The van der Waals surface area contributed by atoms with E-state index in [0.29, 0.717) is 12.0 Å². The Balaban J connectivity index is 1.33. The monoisotopic (exact) mass is 538 g/mol. The molecule has 7 nitrogen and oxygen atoms in total. The van der Waals surface area contributed by atoms with E-state index in [0.717, 1.165) is 65.4 Å². The van der Waals surface area contributed by atoms with E-state index in [-0.39, 0.29) is 0 Å². The average molecular weight is 539 g/mol. The number of rotatable bonds is 7. The lowest BCUT2D eigenvalue weighted by atomic mass is 10.0. The van der Waals surface area contributed by atoms with Crippen LogP contribution in [0.2, 0.25) is 0 Å². The van der Waals surface area contributed by atoms with Gasteiger partial charge >= 0.3 is 0 Å². The van der Waals surface area contributed by atoms with Gasteiger partial charge in [-0.15, -0.1) is 0 Å². The molecule has 1 N–H and O–H groups in total. The number of nitrogens with one attached hydrogen (secondary N) is 1. The number of ether oxygens (including phenoxy) is 1. The van der Waals surface area contributed by atoms with Gasteiger partial charge < -0.3 is 24.4 Å². The molecule has 0 bridgehead atoms. The Morgan fingerprint density at radius 1 is 1.05 bits per heavy atom. The Labute approximate surface area is 233 Å². The molecule has 6 rings (SSSR count). The Bertz CT molecular complexity index is 1580. The van der Waals surface area contributed by atoms with Crippen LogP contribution in [0, 0.1) is 0 Å². The summed E-state index contributed by atoms with van der Waals surface area (Å²) in [6.07, 6.45) is 6.38. The molecular formula is C31H34N6OS. The van der Waals surface area contributed by atoms with Crippen LogP contribution in [-0.2, 0) is 7.05 Å². The molecule has 1 saturated heterocycles. The number of piperidine rings is 1. The first kappa shape index (κ1) is 25.4. The van der Waals surface area contributed by atoms with Crippen molar-refractivity contribution in [3.63, 3.8) is 0 Å². The number of fused-ring (bicyclic) bond motifs is 1. The molecule has 200 valence electrons. The molecule has 8 heteroatoms. The number of nitrogens with zero attached hydrogens (tertiary/aromatic N) is 5. The van der Waals surface area contributed by atoms with Gasteiger partial charge in [0, 0.05) is 72.4 Å². The van der Waals surface area contributed by atoms with Gasteiger partial charge in [0.2, 0.25) is 5.95 Å². The summed E-state index contributed by atoms with van der Waals surface area (Å²) in [5.41, 5.74) is 7.35. The summed E-state index contributed by atoms with van der Waals surface area (Å²) in [7, 11) is 8.15. The standard InChI is InChI=1S/C31H34N6OS/c1-35(2)23-11-14-37(15-12-23)28-10-9-22(17-29(28)38-4)33-31-32-18-25(21-13-16-39-20-21)30(34-31)26-19-36(3)27-8-6-5-7-24(26)27/h5-10,13,16-20,23H,11-12,14-15H2,1-4H3,(H,32,33,34). The molecular weight excluding hydrogens is 504 g/mol. The van der Waals surface area contributed by atoms with Crippen molar-refractivity contribution >= 4 is 39.6 Å². The first-order chi connectivity index (χ1) is 19.0. The lowest BCUT2D eigenvalue weighted by Crippen LogP contribution is -2.42. The molecule has 1 aliphatic rings. The summed E-state index contributed by atoms with van der Waals surface area (Å²) in [5.74, 6) is 1.41. The zero-order valence-electron chi connectivity index (χ0n) is 22.9. The van der Waals surface area contributed by atoms with E-state index in [1.165, 1.54) is 10.9 Å². The second-order valence-corrected chi connectivity index (χ2v) is 11.1. The van der Waals surface area contributed by atoms with E-state index in [9.17, 15) is 0 Å². The first-order valence-electron chi connectivity index (χ1n) is 13.3. The topological polar surface area (TPSA) is 58.5 Å². The van der Waals surface area contributed by atoms with Crippen molar-refractivity contribution in [2.24, 2.45) is 7.05 Å². The molecule has 1 fully saturated rings. The van der Waals surface area contributed by atoms with E-state index in [1.54, 1.807) is 18.4 Å². The number of aryl methyl sites for hydroxylation is 1. The normalized spacial score (nSPS) is 14.3. The third-order valence-electron chi connectivity index (χ3n) is 7.74. The van der Waals surface area contributed by atoms with E-state index >= 15 is 0 Å². The molecule has 5 aromatic rings. The molecule has 0 atom stereocenters. The number of benzene rings is 2. The highest BCUT2D eigenvalue weighted by Gasteiger charge is 2.23. The summed E-state index contributed by atoms with van der Waals surface area (Å²) < 4.78 is 7.98. The van der Waals surface area contributed by atoms with Gasteiger partial charge in [0.15, 0.2) is 0 Å². The van der Waals surface area contributed by atoms with Gasteiger partial charge in [-0.1, -0.05) is 18.2 Å². The van der Waals surface area contributed by atoms with Gasteiger partial charge in [-0.3, -0.25) is 0 Å². The Hall–Kier alpha value is -3.88. The summed E-state index contributed by atoms with van der Waals surface area (Å²) in [6.45, 7) is 2.04.